The molecular formula is C13H13ClN2. The second-order valence-electron chi connectivity index (χ2n) is 4.15. The molecule has 1 aliphatic rings. The SMILES string of the molecule is Clc1nc2c(n1-c1ccccc1)CCCC2. The molecule has 0 bridgehead atoms. The lowest BCUT2D eigenvalue weighted by atomic mass is 10.0. The zero-order valence-electron chi connectivity index (χ0n) is 8.99. The third-order valence-electron chi connectivity index (χ3n) is 3.11. The Kier molecular flexibility index (Phi) is 2.44. The van der Waals surface area contributed by atoms with Crippen LogP contribution in [0.2, 0.25) is 5.28 Å². The van der Waals surface area contributed by atoms with Gasteiger partial charge in [0, 0.05) is 11.4 Å². The smallest absolute Gasteiger partial charge is 0.207 e. The Balaban J connectivity index is 2.17. The topological polar surface area (TPSA) is 17.8 Å². The number of aromatic nitrogens is 2. The lowest BCUT2D eigenvalue weighted by Crippen LogP contribution is -2.07. The predicted molar refractivity (Wildman–Crippen MR) is 65.2 cm³/mol. The van der Waals surface area contributed by atoms with E-state index in [0.29, 0.717) is 5.28 Å². The molecule has 1 heterocycles. The third-order valence-corrected chi connectivity index (χ3v) is 3.36. The molecule has 0 spiro atoms. The van der Waals surface area contributed by atoms with Crippen LogP contribution in [0.25, 0.3) is 5.69 Å². The number of fused-ring (bicyclic) bond motifs is 1. The maximum absolute atomic E-state index is 6.22. The van der Waals surface area contributed by atoms with Gasteiger partial charge in [-0.15, -0.1) is 0 Å². The summed E-state index contributed by atoms with van der Waals surface area (Å²) in [6.07, 6.45) is 4.62. The van der Waals surface area contributed by atoms with Crippen LogP contribution in [0.4, 0.5) is 0 Å². The van der Waals surface area contributed by atoms with E-state index in [1.54, 1.807) is 0 Å². The third kappa shape index (κ3) is 1.54. The van der Waals surface area contributed by atoms with Crippen LogP contribution < -0.4 is 0 Å². The molecular weight excluding hydrogens is 220 g/mol. The normalized spacial score (nSPS) is 14.8. The van der Waals surface area contributed by atoms with Gasteiger partial charge in [-0.2, -0.15) is 0 Å². The van der Waals surface area contributed by atoms with Crippen molar-refractivity contribution in [2.24, 2.45) is 0 Å². The standard InChI is InChI=1S/C13H13ClN2/c14-13-15-11-8-4-5-9-12(11)16(13)10-6-2-1-3-7-10/h1-3,6-7H,4-5,8-9H2. The highest BCUT2D eigenvalue weighted by molar-refractivity contribution is 6.28. The van der Waals surface area contributed by atoms with Crippen molar-refractivity contribution in [3.05, 3.63) is 47.0 Å². The molecule has 0 atom stereocenters. The van der Waals surface area contributed by atoms with Gasteiger partial charge in [0.2, 0.25) is 5.28 Å². The maximum atomic E-state index is 6.22. The van der Waals surface area contributed by atoms with Crippen molar-refractivity contribution in [1.82, 2.24) is 9.55 Å². The van der Waals surface area contributed by atoms with Crippen LogP contribution in [0, 0.1) is 0 Å². The van der Waals surface area contributed by atoms with Crippen LogP contribution in [0.5, 0.6) is 0 Å². The highest BCUT2D eigenvalue weighted by Gasteiger charge is 2.19. The van der Waals surface area contributed by atoms with Gasteiger partial charge in [-0.1, -0.05) is 18.2 Å². The van der Waals surface area contributed by atoms with E-state index in [-0.39, 0.29) is 0 Å². The molecule has 1 aromatic heterocycles. The average molecular weight is 233 g/mol. The van der Waals surface area contributed by atoms with Crippen molar-refractivity contribution in [2.75, 3.05) is 0 Å². The molecule has 0 unspecified atom stereocenters. The molecule has 0 amide bonds. The van der Waals surface area contributed by atoms with Crippen LogP contribution >= 0.6 is 11.6 Å². The number of aryl methyl sites for hydroxylation is 1. The van der Waals surface area contributed by atoms with Gasteiger partial charge in [-0.3, -0.25) is 4.57 Å². The number of rotatable bonds is 1. The van der Waals surface area contributed by atoms with Crippen molar-refractivity contribution in [3.8, 4) is 5.69 Å². The minimum atomic E-state index is 0.595. The van der Waals surface area contributed by atoms with E-state index in [9.17, 15) is 0 Å². The van der Waals surface area contributed by atoms with Gasteiger partial charge in [0.05, 0.1) is 5.69 Å². The van der Waals surface area contributed by atoms with Gasteiger partial charge in [0.25, 0.3) is 0 Å². The van der Waals surface area contributed by atoms with Crippen LogP contribution in [0.1, 0.15) is 24.2 Å². The zero-order chi connectivity index (χ0) is 11.0. The van der Waals surface area contributed by atoms with E-state index in [4.69, 9.17) is 11.6 Å². The van der Waals surface area contributed by atoms with E-state index in [2.05, 4.69) is 21.7 Å². The number of nitrogens with zero attached hydrogens (tertiary/aromatic N) is 2. The summed E-state index contributed by atoms with van der Waals surface area (Å²) in [5.41, 5.74) is 3.59. The highest BCUT2D eigenvalue weighted by Crippen LogP contribution is 2.27. The number of hydrogen-bond donors (Lipinski definition) is 0. The van der Waals surface area contributed by atoms with Crippen molar-refractivity contribution < 1.29 is 0 Å². The monoisotopic (exact) mass is 232 g/mol. The van der Waals surface area contributed by atoms with E-state index in [0.717, 1.165) is 18.5 Å². The molecule has 3 rings (SSSR count). The number of benzene rings is 1. The average Bonchev–Trinajstić information content (AvgIpc) is 2.66. The van der Waals surface area contributed by atoms with Crippen molar-refractivity contribution in [1.29, 1.82) is 0 Å². The Morgan fingerprint density at radius 1 is 1.06 bits per heavy atom. The van der Waals surface area contributed by atoms with Crippen molar-refractivity contribution in [3.63, 3.8) is 0 Å². The van der Waals surface area contributed by atoms with Crippen molar-refractivity contribution >= 4 is 11.6 Å². The van der Waals surface area contributed by atoms with E-state index >= 15 is 0 Å². The molecule has 0 fully saturated rings. The Bertz CT molecular complexity index is 502. The highest BCUT2D eigenvalue weighted by atomic mass is 35.5. The first-order valence-corrected chi connectivity index (χ1v) is 6.05. The van der Waals surface area contributed by atoms with E-state index < -0.39 is 0 Å². The van der Waals surface area contributed by atoms with Crippen LogP contribution in [0.3, 0.4) is 0 Å². The first kappa shape index (κ1) is 9.91. The molecule has 0 saturated carbocycles. The molecule has 0 radical (unpaired) electrons. The summed E-state index contributed by atoms with van der Waals surface area (Å²) in [5.74, 6) is 0. The van der Waals surface area contributed by atoms with Gasteiger partial charge in [-0.05, 0) is 49.4 Å². The summed E-state index contributed by atoms with van der Waals surface area (Å²) in [6.45, 7) is 0. The van der Waals surface area contributed by atoms with Gasteiger partial charge in [-0.25, -0.2) is 4.98 Å². The molecule has 2 nitrogen and oxygen atoms in total. The fourth-order valence-electron chi connectivity index (χ4n) is 2.35. The quantitative estimate of drug-likeness (QED) is 0.737. The Labute approximate surface area is 99.9 Å². The second kappa shape index (κ2) is 3.95. The molecule has 0 saturated heterocycles. The lowest BCUT2D eigenvalue weighted by molar-refractivity contribution is 0.656. The van der Waals surface area contributed by atoms with Crippen molar-refractivity contribution in [2.45, 2.75) is 25.7 Å². The Hall–Kier alpha value is -1.28. The fourth-order valence-corrected chi connectivity index (χ4v) is 2.65. The Morgan fingerprint density at radius 3 is 2.62 bits per heavy atom. The van der Waals surface area contributed by atoms with Crippen LogP contribution in [0.15, 0.2) is 30.3 Å². The van der Waals surface area contributed by atoms with Gasteiger partial charge < -0.3 is 0 Å². The second-order valence-corrected chi connectivity index (χ2v) is 4.49. The summed E-state index contributed by atoms with van der Waals surface area (Å²) in [7, 11) is 0. The molecule has 0 N–H and O–H groups in total. The number of hydrogen-bond acceptors (Lipinski definition) is 1. The predicted octanol–water partition coefficient (Wildman–Crippen LogP) is 3.40. The lowest BCUT2D eigenvalue weighted by Gasteiger charge is -2.14. The molecule has 0 aliphatic heterocycles. The zero-order valence-corrected chi connectivity index (χ0v) is 9.74. The molecule has 1 aliphatic carbocycles. The number of halogens is 1. The summed E-state index contributed by atoms with van der Waals surface area (Å²) in [5, 5.41) is 0.595. The molecule has 2 aromatic rings. The molecule has 16 heavy (non-hydrogen) atoms. The molecule has 82 valence electrons. The minimum Gasteiger partial charge on any atom is -0.287 e. The summed E-state index contributed by atoms with van der Waals surface area (Å²) in [6, 6.07) is 10.2. The van der Waals surface area contributed by atoms with Gasteiger partial charge in [0.15, 0.2) is 0 Å². The number of para-hydroxylation sites is 1. The van der Waals surface area contributed by atoms with Crippen LogP contribution in [-0.2, 0) is 12.8 Å². The largest absolute Gasteiger partial charge is 0.287 e. The van der Waals surface area contributed by atoms with E-state index in [1.165, 1.54) is 24.2 Å². The first-order chi connectivity index (χ1) is 7.86. The van der Waals surface area contributed by atoms with Crippen LogP contribution in [-0.4, -0.2) is 9.55 Å². The summed E-state index contributed by atoms with van der Waals surface area (Å²) < 4.78 is 2.08. The van der Waals surface area contributed by atoms with Gasteiger partial charge in [0.1, 0.15) is 0 Å². The van der Waals surface area contributed by atoms with E-state index in [1.807, 2.05) is 18.2 Å². The minimum absolute atomic E-state index is 0.595. The summed E-state index contributed by atoms with van der Waals surface area (Å²) >= 11 is 6.22. The number of imidazole rings is 1. The molecule has 3 heteroatoms. The Morgan fingerprint density at radius 2 is 1.81 bits per heavy atom. The molecule has 1 aromatic carbocycles. The van der Waals surface area contributed by atoms with Gasteiger partial charge >= 0.3 is 0 Å². The maximum Gasteiger partial charge on any atom is 0.207 e. The first-order valence-electron chi connectivity index (χ1n) is 5.67. The summed E-state index contributed by atoms with van der Waals surface area (Å²) in [4.78, 5) is 4.46. The fraction of sp³-hybridized carbons (Fsp3) is 0.308.